The maximum Gasteiger partial charge on any atom is 0.0702 e. The normalized spacial score (nSPS) is 11.2. The van der Waals surface area contributed by atoms with Crippen molar-refractivity contribution in [2.24, 2.45) is 0 Å². The van der Waals surface area contributed by atoms with Gasteiger partial charge in [0.05, 0.1) is 33.8 Å². The largest absolute Gasteiger partial charge is 0.307 e. The van der Waals surface area contributed by atoms with Crippen LogP contribution >= 0.6 is 0 Å². The molecule has 10 rings (SSSR count). The van der Waals surface area contributed by atoms with Crippen molar-refractivity contribution in [2.45, 2.75) is 0 Å². The Hall–Kier alpha value is -7.42. The summed E-state index contributed by atoms with van der Waals surface area (Å²) >= 11 is 0. The second-order valence-electron chi connectivity index (χ2n) is 14.1. The zero-order valence-corrected chi connectivity index (χ0v) is 30.8. The molecule has 1 aromatic heterocycles. The number of hydrogen-bond acceptors (Lipinski definition) is 1. The van der Waals surface area contributed by atoms with E-state index >= 15 is 0 Å². The average Bonchev–Trinajstić information content (AvgIpc) is 3.62. The van der Waals surface area contributed by atoms with Crippen molar-refractivity contribution in [3.05, 3.63) is 231 Å². The molecule has 1 heterocycles. The van der Waals surface area contributed by atoms with Crippen molar-refractivity contribution in [3.63, 3.8) is 0 Å². The van der Waals surface area contributed by atoms with E-state index in [1.165, 1.54) is 49.6 Å². The van der Waals surface area contributed by atoms with Gasteiger partial charge in [0.2, 0.25) is 0 Å². The van der Waals surface area contributed by atoms with Gasteiger partial charge in [-0.05, 0) is 69.8 Å². The Morgan fingerprint density at radius 3 is 1.20 bits per heavy atom. The third-order valence-electron chi connectivity index (χ3n) is 10.8. The molecule has 0 aliphatic heterocycles. The fraction of sp³-hybridized carbons (Fsp3) is 0. The van der Waals surface area contributed by atoms with Gasteiger partial charge < -0.3 is 9.47 Å². The zero-order chi connectivity index (χ0) is 37.3. The van der Waals surface area contributed by atoms with E-state index in [0.29, 0.717) is 0 Å². The van der Waals surface area contributed by atoms with Crippen molar-refractivity contribution in [2.75, 3.05) is 4.90 Å². The summed E-state index contributed by atoms with van der Waals surface area (Å²) in [4.78, 5) is 2.48. The number of nitrogens with zero attached hydrogens (tertiary/aromatic N) is 2. The van der Waals surface area contributed by atoms with E-state index in [-0.39, 0.29) is 0 Å². The number of rotatable bonds is 8. The first-order valence-electron chi connectivity index (χ1n) is 19.2. The summed E-state index contributed by atoms with van der Waals surface area (Å²) in [5.74, 6) is 0. The topological polar surface area (TPSA) is 8.17 Å². The third kappa shape index (κ3) is 5.76. The highest BCUT2D eigenvalue weighted by Gasteiger charge is 2.25. The summed E-state index contributed by atoms with van der Waals surface area (Å²) < 4.78 is 2.44. The van der Waals surface area contributed by atoms with E-state index in [1.54, 1.807) is 0 Å². The lowest BCUT2D eigenvalue weighted by atomic mass is 9.88. The Kier molecular flexibility index (Phi) is 8.55. The Balaban J connectivity index is 1.27. The molecule has 2 nitrogen and oxygen atoms in total. The number of benzene rings is 9. The molecular formula is C54H38N2. The molecule has 56 heavy (non-hydrogen) atoms. The molecule has 0 spiro atoms. The van der Waals surface area contributed by atoms with Crippen molar-refractivity contribution < 1.29 is 0 Å². The molecule has 0 unspecified atom stereocenters. The van der Waals surface area contributed by atoms with Crippen molar-refractivity contribution >= 4 is 38.9 Å². The van der Waals surface area contributed by atoms with E-state index in [1.807, 2.05) is 0 Å². The average molecular weight is 715 g/mol. The fourth-order valence-electron chi connectivity index (χ4n) is 8.38. The van der Waals surface area contributed by atoms with Crippen LogP contribution in [0.5, 0.6) is 0 Å². The molecule has 0 N–H and O–H groups in total. The Labute approximate surface area is 327 Å². The van der Waals surface area contributed by atoms with Crippen molar-refractivity contribution in [3.8, 4) is 50.2 Å². The number of anilines is 3. The van der Waals surface area contributed by atoms with Gasteiger partial charge in [0.1, 0.15) is 0 Å². The maximum absolute atomic E-state index is 2.48. The number of hydrogen-bond donors (Lipinski definition) is 0. The van der Waals surface area contributed by atoms with Crippen LogP contribution in [0.3, 0.4) is 0 Å². The molecule has 0 radical (unpaired) electrons. The number of para-hydroxylation sites is 6. The van der Waals surface area contributed by atoms with Gasteiger partial charge in [-0.1, -0.05) is 194 Å². The molecule has 0 saturated heterocycles. The highest BCUT2D eigenvalue weighted by molar-refractivity contribution is 6.10. The van der Waals surface area contributed by atoms with Gasteiger partial charge in [-0.2, -0.15) is 0 Å². The Bertz CT molecular complexity index is 2920. The molecule has 2 heteroatoms. The van der Waals surface area contributed by atoms with E-state index in [0.717, 1.165) is 39.4 Å². The van der Waals surface area contributed by atoms with Crippen LogP contribution in [0.2, 0.25) is 0 Å². The van der Waals surface area contributed by atoms with Crippen molar-refractivity contribution in [1.29, 1.82) is 0 Å². The third-order valence-corrected chi connectivity index (χ3v) is 10.8. The van der Waals surface area contributed by atoms with Crippen LogP contribution in [0, 0.1) is 0 Å². The molecule has 0 aliphatic rings. The molecule has 0 saturated carbocycles. The van der Waals surface area contributed by atoms with Crippen LogP contribution in [0.15, 0.2) is 231 Å². The first kappa shape index (κ1) is 33.2. The van der Waals surface area contributed by atoms with Gasteiger partial charge >= 0.3 is 0 Å². The van der Waals surface area contributed by atoms with E-state index < -0.39 is 0 Å². The first-order chi connectivity index (χ1) is 27.8. The summed E-state index contributed by atoms with van der Waals surface area (Å²) in [6, 6.07) is 83.1. The summed E-state index contributed by atoms with van der Waals surface area (Å²) in [7, 11) is 0. The van der Waals surface area contributed by atoms with Crippen molar-refractivity contribution in [1.82, 2.24) is 4.57 Å². The maximum atomic E-state index is 2.48. The molecule has 0 aliphatic carbocycles. The summed E-state index contributed by atoms with van der Waals surface area (Å²) in [5.41, 5.74) is 16.1. The van der Waals surface area contributed by atoms with Gasteiger partial charge in [0.15, 0.2) is 0 Å². The van der Waals surface area contributed by atoms with Gasteiger partial charge in [-0.25, -0.2) is 0 Å². The van der Waals surface area contributed by atoms with E-state index in [4.69, 9.17) is 0 Å². The Morgan fingerprint density at radius 2 is 0.607 bits per heavy atom. The molecule has 10 aromatic rings. The highest BCUT2D eigenvalue weighted by Crippen LogP contribution is 2.49. The molecule has 0 atom stereocenters. The van der Waals surface area contributed by atoms with E-state index in [9.17, 15) is 0 Å². The van der Waals surface area contributed by atoms with Crippen LogP contribution in [0.1, 0.15) is 0 Å². The van der Waals surface area contributed by atoms with Gasteiger partial charge in [0, 0.05) is 21.9 Å². The van der Waals surface area contributed by atoms with Crippen LogP contribution in [-0.4, -0.2) is 4.57 Å². The lowest BCUT2D eigenvalue weighted by Crippen LogP contribution is -2.15. The predicted octanol–water partition coefficient (Wildman–Crippen LogP) is 14.9. The lowest BCUT2D eigenvalue weighted by molar-refractivity contribution is 1.15. The molecule has 0 amide bonds. The van der Waals surface area contributed by atoms with Gasteiger partial charge in [-0.3, -0.25) is 0 Å². The second-order valence-corrected chi connectivity index (χ2v) is 14.1. The monoisotopic (exact) mass is 714 g/mol. The van der Waals surface area contributed by atoms with Crippen LogP contribution in [0.25, 0.3) is 72.0 Å². The minimum absolute atomic E-state index is 1.08. The smallest absolute Gasteiger partial charge is 0.0702 e. The van der Waals surface area contributed by atoms with Crippen LogP contribution < -0.4 is 4.90 Å². The van der Waals surface area contributed by atoms with Crippen LogP contribution in [-0.2, 0) is 0 Å². The van der Waals surface area contributed by atoms with Gasteiger partial charge in [0.25, 0.3) is 0 Å². The zero-order valence-electron chi connectivity index (χ0n) is 30.8. The summed E-state index contributed by atoms with van der Waals surface area (Å²) in [6.07, 6.45) is 0. The SMILES string of the molecule is c1ccc(-c2ccccc2-c2ccccc2-c2ccccc2N(c2ccccc2-c2ccccc2)c2ccccc2-n2c3ccccc3c3ccccc32)cc1. The quantitative estimate of drug-likeness (QED) is 0.152. The molecule has 9 aromatic carbocycles. The van der Waals surface area contributed by atoms with E-state index in [2.05, 4.69) is 240 Å². The first-order valence-corrected chi connectivity index (χ1v) is 19.2. The number of aromatic nitrogens is 1. The van der Waals surface area contributed by atoms with Gasteiger partial charge in [-0.15, -0.1) is 0 Å². The number of fused-ring (bicyclic) bond motifs is 3. The summed E-state index contributed by atoms with van der Waals surface area (Å²) in [6.45, 7) is 0. The standard InChI is InChI=1S/C54H38N2/c1-3-21-39(22-4-1)41-25-7-8-27-43(41)44-28-9-10-29-45(44)46-30-12-16-34-50(46)55(49-33-15-11-26-42(49)40-23-5-2-6-24-40)53-37-19-20-38-54(53)56-51-35-17-13-31-47(51)48-32-14-18-36-52(48)56/h1-38H. The molecule has 264 valence electrons. The minimum Gasteiger partial charge on any atom is -0.307 e. The summed E-state index contributed by atoms with van der Waals surface area (Å²) in [5, 5.41) is 2.47. The predicted molar refractivity (Wildman–Crippen MR) is 237 cm³/mol. The minimum atomic E-state index is 1.08. The molecule has 0 bridgehead atoms. The molecular weight excluding hydrogens is 677 g/mol. The van der Waals surface area contributed by atoms with Crippen LogP contribution in [0.4, 0.5) is 17.1 Å². The second kappa shape index (κ2) is 14.4. The Morgan fingerprint density at radius 1 is 0.250 bits per heavy atom. The fourth-order valence-corrected chi connectivity index (χ4v) is 8.38. The lowest BCUT2D eigenvalue weighted by Gasteiger charge is -2.32. The highest BCUT2D eigenvalue weighted by atomic mass is 15.2. The molecule has 0 fully saturated rings.